The molecule has 0 aliphatic carbocycles. The second-order valence-electron chi connectivity index (χ2n) is 4.24. The van der Waals surface area contributed by atoms with E-state index in [1.165, 1.54) is 0 Å². The van der Waals surface area contributed by atoms with Crippen molar-refractivity contribution < 1.29 is 13.2 Å². The molecule has 0 bridgehead atoms. The Balaban J connectivity index is 4.42. The Hall–Kier alpha value is 0.450. The molecule has 4 nitrogen and oxygen atoms in total. The van der Waals surface area contributed by atoms with Crippen molar-refractivity contribution in [1.82, 2.24) is 4.72 Å². The van der Waals surface area contributed by atoms with Gasteiger partial charge in [0.15, 0.2) is 0 Å². The van der Waals surface area contributed by atoms with Gasteiger partial charge in [0, 0.05) is 11.8 Å². The van der Waals surface area contributed by atoms with Gasteiger partial charge in [0.25, 0.3) is 0 Å². The van der Waals surface area contributed by atoms with Crippen molar-refractivity contribution in [3.63, 3.8) is 0 Å². The van der Waals surface area contributed by atoms with Crippen LogP contribution in [0.15, 0.2) is 0 Å². The minimum Gasteiger partial charge on any atom is -0.378 e. The van der Waals surface area contributed by atoms with Crippen LogP contribution in [0.25, 0.3) is 0 Å². The summed E-state index contributed by atoms with van der Waals surface area (Å²) in [5.74, 6) is 0.218. The van der Waals surface area contributed by atoms with Gasteiger partial charge in [0.1, 0.15) is 0 Å². The summed E-state index contributed by atoms with van der Waals surface area (Å²) in [6.45, 7) is 5.72. The summed E-state index contributed by atoms with van der Waals surface area (Å²) < 4.78 is 31.4. The summed E-state index contributed by atoms with van der Waals surface area (Å²) in [4.78, 5) is 0. The zero-order chi connectivity index (χ0) is 13.5. The fourth-order valence-corrected chi connectivity index (χ4v) is 3.45. The van der Waals surface area contributed by atoms with E-state index in [1.54, 1.807) is 0 Å². The van der Waals surface area contributed by atoms with E-state index in [4.69, 9.17) is 27.9 Å². The summed E-state index contributed by atoms with van der Waals surface area (Å²) in [7, 11) is -3.42. The maximum Gasteiger partial charge on any atom is 0.214 e. The van der Waals surface area contributed by atoms with Gasteiger partial charge in [-0.25, -0.2) is 13.1 Å². The first-order valence-electron chi connectivity index (χ1n) is 5.56. The molecule has 0 aliphatic heterocycles. The van der Waals surface area contributed by atoms with E-state index in [2.05, 4.69) is 4.72 Å². The van der Waals surface area contributed by atoms with E-state index in [0.29, 0.717) is 6.42 Å². The number of hydrogen-bond donors (Lipinski definition) is 1. The maximum absolute atomic E-state index is 11.8. The molecule has 0 saturated carbocycles. The number of rotatable bonds is 9. The highest BCUT2D eigenvalue weighted by Gasteiger charge is 2.31. The fraction of sp³-hybridized carbons (Fsp3) is 1.00. The molecular formula is C10H21Cl2NO3S. The predicted molar refractivity (Wildman–Crippen MR) is 72.5 cm³/mol. The summed E-state index contributed by atoms with van der Waals surface area (Å²) in [6.07, 6.45) is 0.562. The molecular weight excluding hydrogens is 285 g/mol. The third-order valence-corrected chi connectivity index (χ3v) is 4.83. The lowest BCUT2D eigenvalue weighted by Gasteiger charge is -2.29. The number of ether oxygens (including phenoxy) is 1. The molecule has 0 amide bonds. The SMILES string of the molecule is CCC(CCl)(CCl)NS(=O)(=O)CCOC(C)C. The molecule has 0 aromatic heterocycles. The van der Waals surface area contributed by atoms with Crippen molar-refractivity contribution in [2.45, 2.75) is 38.8 Å². The lowest BCUT2D eigenvalue weighted by molar-refractivity contribution is 0.0910. The fourth-order valence-electron chi connectivity index (χ4n) is 1.13. The van der Waals surface area contributed by atoms with Crippen LogP contribution in [0, 0.1) is 0 Å². The Labute approximate surface area is 114 Å². The molecule has 0 saturated heterocycles. The van der Waals surface area contributed by atoms with Crippen molar-refractivity contribution in [2.75, 3.05) is 24.1 Å². The van der Waals surface area contributed by atoms with Gasteiger partial charge in [-0.1, -0.05) is 6.92 Å². The van der Waals surface area contributed by atoms with Crippen molar-refractivity contribution in [3.8, 4) is 0 Å². The van der Waals surface area contributed by atoms with Gasteiger partial charge in [-0.2, -0.15) is 0 Å². The Morgan fingerprint density at radius 1 is 1.29 bits per heavy atom. The molecule has 7 heteroatoms. The van der Waals surface area contributed by atoms with Crippen molar-refractivity contribution in [1.29, 1.82) is 0 Å². The summed E-state index contributed by atoms with van der Waals surface area (Å²) in [5.41, 5.74) is -0.764. The second kappa shape index (κ2) is 7.79. The molecule has 0 spiro atoms. The van der Waals surface area contributed by atoms with Crippen LogP contribution in [0.5, 0.6) is 0 Å². The van der Waals surface area contributed by atoms with Gasteiger partial charge in [0.05, 0.1) is 24.0 Å². The highest BCUT2D eigenvalue weighted by molar-refractivity contribution is 7.89. The van der Waals surface area contributed by atoms with Crippen LogP contribution >= 0.6 is 23.2 Å². The van der Waals surface area contributed by atoms with E-state index < -0.39 is 15.6 Å². The average Bonchev–Trinajstić information content (AvgIpc) is 2.25. The van der Waals surface area contributed by atoms with E-state index in [0.717, 1.165) is 0 Å². The van der Waals surface area contributed by atoms with Crippen LogP contribution in [0.3, 0.4) is 0 Å². The number of sulfonamides is 1. The average molecular weight is 306 g/mol. The summed E-state index contributed by atoms with van der Waals surface area (Å²) >= 11 is 11.5. The van der Waals surface area contributed by atoms with Gasteiger partial charge in [-0.05, 0) is 20.3 Å². The standard InChI is InChI=1S/C10H21Cl2NO3S/c1-4-10(7-11,8-12)13-17(14,15)6-5-16-9(2)3/h9,13H,4-8H2,1-3H3. The quantitative estimate of drug-likeness (QED) is 0.663. The molecule has 0 radical (unpaired) electrons. The molecule has 104 valence electrons. The molecule has 0 aromatic carbocycles. The van der Waals surface area contributed by atoms with Gasteiger partial charge in [-0.15, -0.1) is 23.2 Å². The number of hydrogen-bond acceptors (Lipinski definition) is 3. The highest BCUT2D eigenvalue weighted by Crippen LogP contribution is 2.16. The molecule has 1 N–H and O–H groups in total. The van der Waals surface area contributed by atoms with Crippen LogP contribution in [-0.2, 0) is 14.8 Å². The lowest BCUT2D eigenvalue weighted by atomic mass is 10.0. The Morgan fingerprint density at radius 3 is 2.18 bits per heavy atom. The largest absolute Gasteiger partial charge is 0.378 e. The van der Waals surface area contributed by atoms with E-state index in [1.807, 2.05) is 20.8 Å². The smallest absolute Gasteiger partial charge is 0.214 e. The first-order chi connectivity index (χ1) is 7.81. The van der Waals surface area contributed by atoms with Crippen molar-refractivity contribution in [3.05, 3.63) is 0 Å². The number of alkyl halides is 2. The van der Waals surface area contributed by atoms with Crippen molar-refractivity contribution >= 4 is 33.2 Å². The van der Waals surface area contributed by atoms with E-state index in [9.17, 15) is 8.42 Å². The minimum atomic E-state index is -3.42. The highest BCUT2D eigenvalue weighted by atomic mass is 35.5. The van der Waals surface area contributed by atoms with E-state index in [-0.39, 0.29) is 30.2 Å². The molecule has 0 aliphatic rings. The Morgan fingerprint density at radius 2 is 1.82 bits per heavy atom. The van der Waals surface area contributed by atoms with Crippen LogP contribution in [-0.4, -0.2) is 44.2 Å². The number of nitrogens with one attached hydrogen (secondary N) is 1. The van der Waals surface area contributed by atoms with E-state index >= 15 is 0 Å². The first-order valence-corrected chi connectivity index (χ1v) is 8.28. The lowest BCUT2D eigenvalue weighted by Crippen LogP contribution is -2.52. The third-order valence-electron chi connectivity index (χ3n) is 2.36. The third kappa shape index (κ3) is 6.82. The van der Waals surface area contributed by atoms with Crippen LogP contribution in [0.4, 0.5) is 0 Å². The monoisotopic (exact) mass is 305 g/mol. The van der Waals surface area contributed by atoms with Gasteiger partial charge in [0.2, 0.25) is 10.0 Å². The molecule has 0 atom stereocenters. The maximum atomic E-state index is 11.8. The van der Waals surface area contributed by atoms with Gasteiger partial charge < -0.3 is 4.74 Å². The van der Waals surface area contributed by atoms with Gasteiger partial charge >= 0.3 is 0 Å². The molecule has 0 aromatic rings. The Bertz CT molecular complexity index is 294. The summed E-state index contributed by atoms with van der Waals surface area (Å²) in [6, 6.07) is 0. The molecule has 0 heterocycles. The Kier molecular flexibility index (Phi) is 8.00. The molecule has 0 fully saturated rings. The van der Waals surface area contributed by atoms with Gasteiger partial charge in [-0.3, -0.25) is 0 Å². The zero-order valence-electron chi connectivity index (χ0n) is 10.5. The molecule has 0 unspecified atom stereocenters. The first kappa shape index (κ1) is 17.4. The van der Waals surface area contributed by atoms with Crippen molar-refractivity contribution in [2.24, 2.45) is 0 Å². The van der Waals surface area contributed by atoms with Crippen LogP contribution in [0.2, 0.25) is 0 Å². The normalized spacial score (nSPS) is 13.3. The topological polar surface area (TPSA) is 55.4 Å². The zero-order valence-corrected chi connectivity index (χ0v) is 12.8. The summed E-state index contributed by atoms with van der Waals surface area (Å²) in [5, 5.41) is 0. The number of halogens is 2. The van der Waals surface area contributed by atoms with Crippen LogP contribution in [0.1, 0.15) is 27.2 Å². The minimum absolute atomic E-state index is 0.0159. The molecule has 0 rings (SSSR count). The molecule has 17 heavy (non-hydrogen) atoms. The predicted octanol–water partition coefficient (Wildman–Crippen LogP) is 1.96. The second-order valence-corrected chi connectivity index (χ2v) is 6.62. The van der Waals surface area contributed by atoms with Crippen LogP contribution < -0.4 is 4.72 Å².